The molecule has 0 aliphatic heterocycles. The molecule has 0 bridgehead atoms. The van der Waals surface area contributed by atoms with Crippen molar-refractivity contribution in [3.05, 3.63) is 0 Å². The molecule has 0 saturated carbocycles. The maximum absolute atomic E-state index is 11.2. The van der Waals surface area contributed by atoms with E-state index >= 15 is 0 Å². The Morgan fingerprint density at radius 1 is 0.846 bits per heavy atom. The third-order valence-corrected chi connectivity index (χ3v) is 2.80. The van der Waals surface area contributed by atoms with Gasteiger partial charge in [0.05, 0.1) is 12.9 Å². The maximum atomic E-state index is 11.2. The van der Waals surface area contributed by atoms with E-state index in [4.69, 9.17) is 14.6 Å². The van der Waals surface area contributed by atoms with Crippen LogP contribution in [0, 0.1) is 0 Å². The number of hydrogen-bond acceptors (Lipinski definition) is 8. The van der Waals surface area contributed by atoms with Crippen LogP contribution in [-0.4, -0.2) is 56.1 Å². The second-order valence-electron chi connectivity index (χ2n) is 7.63. The molecule has 0 radical (unpaired) electrons. The molecule has 0 aromatic heterocycles. The van der Waals surface area contributed by atoms with Gasteiger partial charge in [0.15, 0.2) is 0 Å². The number of esters is 2. The Morgan fingerprint density at radius 2 is 1.23 bits per heavy atom. The molecule has 0 saturated heterocycles. The molecule has 0 unspecified atom stereocenters. The van der Waals surface area contributed by atoms with E-state index in [-0.39, 0.29) is 31.6 Å². The predicted octanol–water partition coefficient (Wildman–Crippen LogP) is 2.19. The predicted molar refractivity (Wildman–Crippen MR) is 98.0 cm³/mol. The maximum Gasteiger partial charge on any atom is 0.306 e. The lowest BCUT2D eigenvalue weighted by Crippen LogP contribution is -2.23. The molecule has 0 aliphatic carbocycles. The highest BCUT2D eigenvalue weighted by Gasteiger charge is 2.16. The Morgan fingerprint density at radius 3 is 1.54 bits per heavy atom. The number of aliphatic hydroxyl groups is 1. The van der Waals surface area contributed by atoms with E-state index in [0.29, 0.717) is 19.3 Å². The Balaban J connectivity index is 0. The third kappa shape index (κ3) is 25.1. The van der Waals surface area contributed by atoms with Gasteiger partial charge in [-0.1, -0.05) is 0 Å². The number of carbonyl (C=O) groups excluding carboxylic acids is 2. The van der Waals surface area contributed by atoms with Crippen LogP contribution >= 0.6 is 0 Å². The van der Waals surface area contributed by atoms with Crippen LogP contribution in [0.25, 0.3) is 0 Å². The zero-order valence-electron chi connectivity index (χ0n) is 17.0. The van der Waals surface area contributed by atoms with Crippen molar-refractivity contribution in [2.24, 2.45) is 0 Å². The number of rotatable bonds is 8. The smallest absolute Gasteiger partial charge is 0.306 e. The van der Waals surface area contributed by atoms with Crippen molar-refractivity contribution in [1.82, 2.24) is 0 Å². The van der Waals surface area contributed by atoms with E-state index in [1.807, 2.05) is 20.8 Å². The van der Waals surface area contributed by atoms with Crippen LogP contribution in [-0.2, 0) is 33.4 Å². The van der Waals surface area contributed by atoms with Gasteiger partial charge in [0.2, 0.25) is 0 Å². The van der Waals surface area contributed by atoms with Gasteiger partial charge in [0, 0.05) is 19.4 Å². The first kappa shape index (κ1) is 27.0. The zero-order chi connectivity index (χ0) is 21.0. The van der Waals surface area contributed by atoms with Crippen LogP contribution < -0.4 is 0 Å². The van der Waals surface area contributed by atoms with E-state index in [1.165, 1.54) is 0 Å². The molecule has 26 heavy (non-hydrogen) atoms. The molecule has 0 spiro atoms. The molecule has 0 rings (SSSR count). The number of ether oxygens (including phenoxy) is 2. The summed E-state index contributed by atoms with van der Waals surface area (Å²) in [7, 11) is -3.41. The van der Waals surface area contributed by atoms with Crippen molar-refractivity contribution in [3.8, 4) is 0 Å². The summed E-state index contributed by atoms with van der Waals surface area (Å²) in [5, 5.41) is 8.41. The Kier molecular flexibility index (Phi) is 12.7. The molecule has 8 nitrogen and oxygen atoms in total. The largest absolute Gasteiger partial charge is 0.460 e. The molecule has 0 atom stereocenters. The first-order valence-corrected chi connectivity index (χ1v) is 10.3. The molecule has 9 heteroatoms. The van der Waals surface area contributed by atoms with Crippen LogP contribution in [0.15, 0.2) is 0 Å². The van der Waals surface area contributed by atoms with E-state index in [2.05, 4.69) is 4.18 Å². The Labute approximate surface area is 157 Å². The minimum Gasteiger partial charge on any atom is -0.460 e. The summed E-state index contributed by atoms with van der Waals surface area (Å²) in [6, 6.07) is 0. The van der Waals surface area contributed by atoms with Gasteiger partial charge in [-0.05, 0) is 54.4 Å². The molecule has 0 fully saturated rings. The van der Waals surface area contributed by atoms with Gasteiger partial charge >= 0.3 is 11.9 Å². The van der Waals surface area contributed by atoms with Crippen LogP contribution in [0.5, 0.6) is 0 Å². The average Bonchev–Trinajstić information content (AvgIpc) is 2.37. The fraction of sp³-hybridized carbons (Fsp3) is 0.882. The fourth-order valence-electron chi connectivity index (χ4n) is 1.44. The lowest BCUT2D eigenvalue weighted by atomic mass is 10.2. The quantitative estimate of drug-likeness (QED) is 0.376. The van der Waals surface area contributed by atoms with E-state index in [9.17, 15) is 18.0 Å². The lowest BCUT2D eigenvalue weighted by Gasteiger charge is -2.19. The molecule has 156 valence electrons. The van der Waals surface area contributed by atoms with Crippen LogP contribution in [0.1, 0.15) is 67.2 Å². The second kappa shape index (κ2) is 12.2. The van der Waals surface area contributed by atoms with E-state index in [1.54, 1.807) is 20.8 Å². The highest BCUT2D eigenvalue weighted by Crippen LogP contribution is 2.09. The highest BCUT2D eigenvalue weighted by atomic mass is 32.2. The van der Waals surface area contributed by atoms with Crippen molar-refractivity contribution in [1.29, 1.82) is 0 Å². The topological polar surface area (TPSA) is 116 Å². The SMILES string of the molecule is CC(C)(C)OC(=O)CCCO.CC(C)(C)OC(=O)CCCOS(C)(=O)=O. The molecule has 0 aromatic carbocycles. The van der Waals surface area contributed by atoms with Crippen LogP contribution in [0.4, 0.5) is 0 Å². The molecule has 0 aromatic rings. The van der Waals surface area contributed by atoms with Gasteiger partial charge < -0.3 is 14.6 Å². The van der Waals surface area contributed by atoms with Crippen molar-refractivity contribution in [3.63, 3.8) is 0 Å². The molecule has 0 aliphatic rings. The van der Waals surface area contributed by atoms with Crippen molar-refractivity contribution in [2.75, 3.05) is 19.5 Å². The highest BCUT2D eigenvalue weighted by molar-refractivity contribution is 7.85. The number of hydrogen-bond donors (Lipinski definition) is 1. The van der Waals surface area contributed by atoms with E-state index in [0.717, 1.165) is 6.26 Å². The molecule has 0 heterocycles. The number of carbonyl (C=O) groups is 2. The third-order valence-electron chi connectivity index (χ3n) is 2.20. The fourth-order valence-corrected chi connectivity index (χ4v) is 1.86. The van der Waals surface area contributed by atoms with Gasteiger partial charge in [-0.25, -0.2) is 0 Å². The Bertz CT molecular complexity index is 512. The standard InChI is InChI=1S/C9H18O5S.C8H16O3/c1-9(2,3)14-8(10)6-5-7-13-15(4,11)12;1-8(2,3)11-7(10)5-4-6-9/h5-7H2,1-4H3;9H,4-6H2,1-3H3. The Hall–Kier alpha value is -1.19. The normalized spacial score (nSPS) is 12.0. The lowest BCUT2D eigenvalue weighted by molar-refractivity contribution is -0.156. The summed E-state index contributed by atoms with van der Waals surface area (Å²) < 4.78 is 35.6. The molecule has 0 amide bonds. The first-order chi connectivity index (χ1) is 11.6. The van der Waals surface area contributed by atoms with Gasteiger partial charge in [-0.15, -0.1) is 0 Å². The van der Waals surface area contributed by atoms with Gasteiger partial charge in [0.25, 0.3) is 10.1 Å². The second-order valence-corrected chi connectivity index (χ2v) is 9.27. The first-order valence-electron chi connectivity index (χ1n) is 8.45. The summed E-state index contributed by atoms with van der Waals surface area (Å²) in [4.78, 5) is 22.0. The number of aliphatic hydroxyl groups excluding tert-OH is 1. The van der Waals surface area contributed by atoms with Crippen molar-refractivity contribution >= 4 is 22.1 Å². The minimum atomic E-state index is -3.41. The average molecular weight is 399 g/mol. The molecular weight excluding hydrogens is 364 g/mol. The van der Waals surface area contributed by atoms with E-state index < -0.39 is 21.3 Å². The monoisotopic (exact) mass is 398 g/mol. The zero-order valence-corrected chi connectivity index (χ0v) is 17.8. The van der Waals surface area contributed by atoms with Crippen LogP contribution in [0.2, 0.25) is 0 Å². The summed E-state index contributed by atoms with van der Waals surface area (Å²) in [5.41, 5.74) is -0.915. The van der Waals surface area contributed by atoms with Gasteiger partial charge in [-0.3, -0.25) is 13.8 Å². The van der Waals surface area contributed by atoms with Crippen molar-refractivity contribution in [2.45, 2.75) is 78.4 Å². The molecule has 1 N–H and O–H groups in total. The van der Waals surface area contributed by atoms with Crippen molar-refractivity contribution < 1.29 is 36.8 Å². The van der Waals surface area contributed by atoms with Gasteiger partial charge in [-0.2, -0.15) is 8.42 Å². The van der Waals surface area contributed by atoms with Gasteiger partial charge in [0.1, 0.15) is 11.2 Å². The summed E-state index contributed by atoms with van der Waals surface area (Å²) in [6.45, 7) is 10.8. The summed E-state index contributed by atoms with van der Waals surface area (Å²) in [6.07, 6.45) is 2.25. The molecular formula is C17H34O8S. The summed E-state index contributed by atoms with van der Waals surface area (Å²) in [5.74, 6) is -0.592. The summed E-state index contributed by atoms with van der Waals surface area (Å²) >= 11 is 0. The minimum absolute atomic E-state index is 0.0120. The van der Waals surface area contributed by atoms with Crippen LogP contribution in [0.3, 0.4) is 0 Å².